The Labute approximate surface area is 108 Å². The summed E-state index contributed by atoms with van der Waals surface area (Å²) >= 11 is 5.77. The first kappa shape index (κ1) is 13.6. The molecule has 1 saturated heterocycles. The molecule has 0 aliphatic carbocycles. The van der Waals surface area contributed by atoms with Gasteiger partial charge in [0, 0.05) is 26.2 Å². The fraction of sp³-hybridized carbons (Fsp3) is 0.545. The summed E-state index contributed by atoms with van der Waals surface area (Å²) in [4.78, 5) is 9.17. The lowest BCUT2D eigenvalue weighted by Gasteiger charge is -2.33. The van der Waals surface area contributed by atoms with E-state index in [-0.39, 0.29) is 12.4 Å². The van der Waals surface area contributed by atoms with E-state index in [0.717, 1.165) is 37.7 Å². The first-order chi connectivity index (χ1) is 7.29. The molecule has 1 aromatic rings. The van der Waals surface area contributed by atoms with Crippen molar-refractivity contribution < 1.29 is 0 Å². The molecule has 0 N–H and O–H groups in total. The van der Waals surface area contributed by atoms with Gasteiger partial charge in [0.05, 0.1) is 11.6 Å². The van der Waals surface area contributed by atoms with Gasteiger partial charge in [-0.25, -0.2) is 4.98 Å². The monoisotopic (exact) mass is 261 g/mol. The molecule has 0 aromatic carbocycles. The Morgan fingerprint density at radius 1 is 1.25 bits per heavy atom. The van der Waals surface area contributed by atoms with Crippen LogP contribution in [-0.4, -0.2) is 43.1 Å². The zero-order valence-corrected chi connectivity index (χ0v) is 11.0. The molecule has 2 rings (SSSR count). The number of likely N-dealkylation sites (N-methyl/N-ethyl adjacent to an activating group) is 1. The third kappa shape index (κ3) is 3.24. The van der Waals surface area contributed by atoms with E-state index >= 15 is 0 Å². The van der Waals surface area contributed by atoms with Crippen molar-refractivity contribution in [2.45, 2.75) is 5.88 Å². The Morgan fingerprint density at radius 2 is 1.94 bits per heavy atom. The standard InChI is InChI=1S/C11H16ClN3.ClH/c1-14-5-7-15(8-6-14)11-4-2-3-10(9-12)13-11;/h2-4H,5-9H2,1H3;1H. The van der Waals surface area contributed by atoms with E-state index in [2.05, 4.69) is 27.9 Å². The van der Waals surface area contributed by atoms with E-state index in [1.807, 2.05) is 12.1 Å². The summed E-state index contributed by atoms with van der Waals surface area (Å²) in [5.41, 5.74) is 0.952. The highest BCUT2D eigenvalue weighted by atomic mass is 35.5. The molecule has 0 atom stereocenters. The molecule has 1 aromatic heterocycles. The molecule has 3 nitrogen and oxygen atoms in total. The molecular formula is C11H17Cl2N3. The van der Waals surface area contributed by atoms with Gasteiger partial charge < -0.3 is 9.80 Å². The van der Waals surface area contributed by atoms with E-state index in [1.54, 1.807) is 0 Å². The van der Waals surface area contributed by atoms with Crippen LogP contribution in [0.25, 0.3) is 0 Å². The molecule has 0 unspecified atom stereocenters. The molecule has 2 heterocycles. The SMILES string of the molecule is CN1CCN(c2cccc(CCl)n2)CC1.Cl. The normalized spacial score (nSPS) is 17.0. The molecule has 5 heteroatoms. The van der Waals surface area contributed by atoms with Gasteiger partial charge in [-0.3, -0.25) is 0 Å². The van der Waals surface area contributed by atoms with Gasteiger partial charge in [0.2, 0.25) is 0 Å². The minimum absolute atomic E-state index is 0. The molecule has 1 aliphatic rings. The number of hydrogen-bond acceptors (Lipinski definition) is 3. The Hall–Kier alpha value is -0.510. The van der Waals surface area contributed by atoms with Gasteiger partial charge in [-0.05, 0) is 19.2 Å². The van der Waals surface area contributed by atoms with E-state index in [0.29, 0.717) is 5.88 Å². The second kappa shape index (κ2) is 6.28. The maximum atomic E-state index is 5.77. The third-order valence-corrected chi connectivity index (χ3v) is 3.03. The third-order valence-electron chi connectivity index (χ3n) is 2.76. The fourth-order valence-corrected chi connectivity index (χ4v) is 1.90. The number of aromatic nitrogens is 1. The molecule has 1 fully saturated rings. The first-order valence-corrected chi connectivity index (χ1v) is 5.78. The maximum absolute atomic E-state index is 5.77. The average molecular weight is 262 g/mol. The molecule has 90 valence electrons. The van der Waals surface area contributed by atoms with E-state index in [9.17, 15) is 0 Å². The summed E-state index contributed by atoms with van der Waals surface area (Å²) in [5.74, 6) is 1.54. The number of alkyl halides is 1. The zero-order chi connectivity index (χ0) is 10.7. The van der Waals surface area contributed by atoms with Gasteiger partial charge in [0.15, 0.2) is 0 Å². The summed E-state index contributed by atoms with van der Waals surface area (Å²) in [6.45, 7) is 4.31. The minimum Gasteiger partial charge on any atom is -0.354 e. The molecule has 16 heavy (non-hydrogen) atoms. The van der Waals surface area contributed by atoms with Crippen LogP contribution in [0.4, 0.5) is 5.82 Å². The van der Waals surface area contributed by atoms with Crippen LogP contribution < -0.4 is 4.90 Å². The molecule has 0 radical (unpaired) electrons. The summed E-state index contributed by atoms with van der Waals surface area (Å²) in [6.07, 6.45) is 0. The van der Waals surface area contributed by atoms with Crippen LogP contribution in [0.2, 0.25) is 0 Å². The predicted octanol–water partition coefficient (Wildman–Crippen LogP) is 1.99. The number of piperazine rings is 1. The quantitative estimate of drug-likeness (QED) is 0.760. The summed E-state index contributed by atoms with van der Waals surface area (Å²) in [5, 5.41) is 0. The summed E-state index contributed by atoms with van der Waals surface area (Å²) < 4.78 is 0. The Morgan fingerprint density at radius 3 is 2.56 bits per heavy atom. The number of hydrogen-bond donors (Lipinski definition) is 0. The second-order valence-corrected chi connectivity index (χ2v) is 4.18. The highest BCUT2D eigenvalue weighted by Crippen LogP contribution is 2.14. The first-order valence-electron chi connectivity index (χ1n) is 5.25. The number of rotatable bonds is 2. The average Bonchev–Trinajstić information content (AvgIpc) is 2.30. The largest absolute Gasteiger partial charge is 0.354 e. The Balaban J connectivity index is 0.00000128. The molecule has 0 amide bonds. The van der Waals surface area contributed by atoms with Crippen molar-refractivity contribution in [3.05, 3.63) is 23.9 Å². The number of nitrogens with zero attached hydrogens (tertiary/aromatic N) is 3. The molecule has 0 bridgehead atoms. The lowest BCUT2D eigenvalue weighted by molar-refractivity contribution is 0.312. The van der Waals surface area contributed by atoms with Crippen molar-refractivity contribution in [3.8, 4) is 0 Å². The Kier molecular flexibility index (Phi) is 5.32. The van der Waals surface area contributed by atoms with E-state index < -0.39 is 0 Å². The summed E-state index contributed by atoms with van der Waals surface area (Å²) in [6, 6.07) is 6.05. The molecule has 1 aliphatic heterocycles. The van der Waals surface area contributed by atoms with Crippen LogP contribution >= 0.6 is 24.0 Å². The predicted molar refractivity (Wildman–Crippen MR) is 70.8 cm³/mol. The smallest absolute Gasteiger partial charge is 0.128 e. The Bertz CT molecular complexity index is 325. The van der Waals surface area contributed by atoms with Gasteiger partial charge in [0.1, 0.15) is 5.82 Å². The number of anilines is 1. The van der Waals surface area contributed by atoms with Crippen molar-refractivity contribution in [2.75, 3.05) is 38.1 Å². The van der Waals surface area contributed by atoms with Crippen molar-refractivity contribution in [2.24, 2.45) is 0 Å². The maximum Gasteiger partial charge on any atom is 0.128 e. The van der Waals surface area contributed by atoms with Gasteiger partial charge >= 0.3 is 0 Å². The van der Waals surface area contributed by atoms with Gasteiger partial charge in [0.25, 0.3) is 0 Å². The van der Waals surface area contributed by atoms with Crippen LogP contribution in [0.15, 0.2) is 18.2 Å². The second-order valence-electron chi connectivity index (χ2n) is 3.91. The van der Waals surface area contributed by atoms with Crippen LogP contribution in [0.5, 0.6) is 0 Å². The zero-order valence-electron chi connectivity index (χ0n) is 9.40. The van der Waals surface area contributed by atoms with Crippen LogP contribution in [-0.2, 0) is 5.88 Å². The highest BCUT2D eigenvalue weighted by Gasteiger charge is 2.14. The van der Waals surface area contributed by atoms with Gasteiger partial charge in [-0.15, -0.1) is 24.0 Å². The fourth-order valence-electron chi connectivity index (χ4n) is 1.75. The number of pyridine rings is 1. The van der Waals surface area contributed by atoms with Gasteiger partial charge in [-0.1, -0.05) is 6.07 Å². The van der Waals surface area contributed by atoms with Crippen molar-refractivity contribution in [1.29, 1.82) is 0 Å². The topological polar surface area (TPSA) is 19.4 Å². The molecular weight excluding hydrogens is 245 g/mol. The van der Waals surface area contributed by atoms with Crippen molar-refractivity contribution in [3.63, 3.8) is 0 Å². The van der Waals surface area contributed by atoms with Crippen LogP contribution in [0.1, 0.15) is 5.69 Å². The highest BCUT2D eigenvalue weighted by molar-refractivity contribution is 6.16. The van der Waals surface area contributed by atoms with Crippen molar-refractivity contribution in [1.82, 2.24) is 9.88 Å². The van der Waals surface area contributed by atoms with E-state index in [4.69, 9.17) is 11.6 Å². The van der Waals surface area contributed by atoms with Crippen molar-refractivity contribution >= 4 is 29.8 Å². The van der Waals surface area contributed by atoms with Gasteiger partial charge in [-0.2, -0.15) is 0 Å². The van der Waals surface area contributed by atoms with Crippen LogP contribution in [0.3, 0.4) is 0 Å². The molecule has 0 spiro atoms. The lowest BCUT2D eigenvalue weighted by Crippen LogP contribution is -2.44. The van der Waals surface area contributed by atoms with E-state index in [1.165, 1.54) is 0 Å². The number of halogens is 2. The summed E-state index contributed by atoms with van der Waals surface area (Å²) in [7, 11) is 2.15. The molecule has 0 saturated carbocycles. The minimum atomic E-state index is 0. The van der Waals surface area contributed by atoms with Crippen LogP contribution in [0, 0.1) is 0 Å². The lowest BCUT2D eigenvalue weighted by atomic mass is 10.3.